The second-order valence-corrected chi connectivity index (χ2v) is 5.53. The van der Waals surface area contributed by atoms with E-state index >= 15 is 0 Å². The molecular formula is C9H10N2OS2. The average molecular weight is 226 g/mol. The van der Waals surface area contributed by atoms with Gasteiger partial charge in [-0.05, 0) is 6.08 Å². The van der Waals surface area contributed by atoms with Gasteiger partial charge in [0.25, 0.3) is 0 Å². The monoisotopic (exact) mass is 226 g/mol. The van der Waals surface area contributed by atoms with Gasteiger partial charge in [-0.2, -0.15) is 0 Å². The Labute approximate surface area is 90.8 Å². The van der Waals surface area contributed by atoms with Crippen LogP contribution in [0.3, 0.4) is 0 Å². The second kappa shape index (κ2) is 3.49. The highest BCUT2D eigenvalue weighted by Gasteiger charge is 2.16. The number of allylic oxidation sites excluding steroid dienone is 1. The lowest BCUT2D eigenvalue weighted by molar-refractivity contribution is 0.663. The van der Waals surface area contributed by atoms with E-state index in [1.807, 2.05) is 12.3 Å². The third kappa shape index (κ3) is 1.89. The summed E-state index contributed by atoms with van der Waals surface area (Å²) in [6.07, 6.45) is 5.98. The van der Waals surface area contributed by atoms with Crippen LogP contribution in [0.1, 0.15) is 18.7 Å². The van der Waals surface area contributed by atoms with Crippen LogP contribution in [0.5, 0.6) is 0 Å². The normalized spacial score (nSPS) is 17.9. The Morgan fingerprint density at radius 3 is 3.00 bits per heavy atom. The van der Waals surface area contributed by atoms with E-state index in [9.17, 15) is 0 Å². The van der Waals surface area contributed by atoms with Crippen molar-refractivity contribution in [3.05, 3.63) is 11.0 Å². The zero-order valence-corrected chi connectivity index (χ0v) is 9.52. The molecule has 0 spiro atoms. The van der Waals surface area contributed by atoms with Crippen molar-refractivity contribution >= 4 is 41.5 Å². The van der Waals surface area contributed by atoms with Crippen molar-refractivity contribution in [1.82, 2.24) is 4.98 Å². The summed E-state index contributed by atoms with van der Waals surface area (Å²) in [5, 5.41) is 0. The zero-order chi connectivity index (χ0) is 10.2. The van der Waals surface area contributed by atoms with Crippen LogP contribution in [0, 0.1) is 5.41 Å². The Balaban J connectivity index is 2.44. The first-order valence-corrected chi connectivity index (χ1v) is 5.76. The molecule has 0 bridgehead atoms. The lowest BCUT2D eigenvalue weighted by Gasteiger charge is -2.10. The highest BCUT2D eigenvalue weighted by Crippen LogP contribution is 2.35. The summed E-state index contributed by atoms with van der Waals surface area (Å²) in [4.78, 5) is 9.48. The Kier molecular flexibility index (Phi) is 2.47. The van der Waals surface area contributed by atoms with E-state index in [-0.39, 0.29) is 5.41 Å². The van der Waals surface area contributed by atoms with Crippen molar-refractivity contribution in [3.63, 3.8) is 0 Å². The van der Waals surface area contributed by atoms with Crippen molar-refractivity contribution in [3.8, 4) is 0 Å². The minimum atomic E-state index is -0.0209. The molecule has 3 nitrogen and oxygen atoms in total. The SMILES string of the molecule is CC1(C)C=Cc2sc(SO)nc2N=C1. The number of fused-ring (bicyclic) bond motifs is 1. The molecule has 1 aliphatic heterocycles. The molecule has 0 radical (unpaired) electrons. The average Bonchev–Trinajstić information content (AvgIpc) is 2.49. The van der Waals surface area contributed by atoms with Gasteiger partial charge in [0.15, 0.2) is 10.2 Å². The maximum atomic E-state index is 8.85. The minimum Gasteiger partial charge on any atom is -0.324 e. The smallest absolute Gasteiger partial charge is 0.179 e. The third-order valence-corrected chi connectivity index (χ3v) is 3.40. The molecule has 0 amide bonds. The van der Waals surface area contributed by atoms with E-state index in [0.29, 0.717) is 22.2 Å². The van der Waals surface area contributed by atoms with Gasteiger partial charge in [0.2, 0.25) is 0 Å². The van der Waals surface area contributed by atoms with Gasteiger partial charge in [0.1, 0.15) is 0 Å². The second-order valence-electron chi connectivity index (χ2n) is 3.67. The van der Waals surface area contributed by atoms with Crippen LogP contribution in [0.25, 0.3) is 6.08 Å². The number of aromatic nitrogens is 1. The van der Waals surface area contributed by atoms with Crippen molar-refractivity contribution < 1.29 is 4.55 Å². The van der Waals surface area contributed by atoms with Crippen molar-refractivity contribution in [1.29, 1.82) is 0 Å². The molecule has 0 aromatic carbocycles. The van der Waals surface area contributed by atoms with E-state index in [1.54, 1.807) is 0 Å². The fourth-order valence-electron chi connectivity index (χ4n) is 1.11. The molecule has 0 atom stereocenters. The molecule has 1 aliphatic rings. The van der Waals surface area contributed by atoms with Gasteiger partial charge in [-0.1, -0.05) is 19.9 Å². The van der Waals surface area contributed by atoms with Gasteiger partial charge in [0.05, 0.1) is 16.9 Å². The number of aliphatic imine (C=N–C) groups is 1. The molecule has 1 aromatic rings. The maximum Gasteiger partial charge on any atom is 0.179 e. The molecule has 5 heteroatoms. The fraction of sp³-hybridized carbons (Fsp3) is 0.333. The Hall–Kier alpha value is -0.650. The van der Waals surface area contributed by atoms with Crippen LogP contribution in [-0.2, 0) is 0 Å². The van der Waals surface area contributed by atoms with Gasteiger partial charge in [0, 0.05) is 11.6 Å². The first-order valence-electron chi connectivity index (χ1n) is 4.17. The summed E-state index contributed by atoms with van der Waals surface area (Å²) in [5.74, 6) is 0.702. The largest absolute Gasteiger partial charge is 0.324 e. The van der Waals surface area contributed by atoms with Crippen LogP contribution in [0.4, 0.5) is 5.82 Å². The van der Waals surface area contributed by atoms with E-state index < -0.39 is 0 Å². The van der Waals surface area contributed by atoms with Gasteiger partial charge in [-0.3, -0.25) is 0 Å². The standard InChI is InChI=1S/C9H10N2OS2/c1-9(2)4-3-6-7(10-5-9)11-8(13-6)14-12/h3-5,12H,1-2H3. The predicted molar refractivity (Wildman–Crippen MR) is 61.6 cm³/mol. The highest BCUT2D eigenvalue weighted by atomic mass is 32.2. The summed E-state index contributed by atoms with van der Waals surface area (Å²) in [7, 11) is 0. The molecule has 14 heavy (non-hydrogen) atoms. The molecular weight excluding hydrogens is 216 g/mol. The minimum absolute atomic E-state index is 0.0209. The summed E-state index contributed by atoms with van der Waals surface area (Å²) in [5.41, 5.74) is -0.0209. The molecule has 1 aromatic heterocycles. The van der Waals surface area contributed by atoms with Crippen LogP contribution >= 0.6 is 23.4 Å². The number of hydrogen-bond donors (Lipinski definition) is 1. The molecule has 2 rings (SSSR count). The van der Waals surface area contributed by atoms with Gasteiger partial charge in [-0.25, -0.2) is 9.98 Å². The fourth-order valence-corrected chi connectivity index (χ4v) is 2.30. The molecule has 0 fully saturated rings. The lowest BCUT2D eigenvalue weighted by atomic mass is 9.95. The third-order valence-electron chi connectivity index (χ3n) is 1.88. The Bertz CT molecular complexity index is 373. The number of rotatable bonds is 1. The molecule has 1 N–H and O–H groups in total. The van der Waals surface area contributed by atoms with E-state index in [2.05, 4.69) is 29.9 Å². The summed E-state index contributed by atoms with van der Waals surface area (Å²) < 4.78 is 9.48. The zero-order valence-electron chi connectivity index (χ0n) is 7.89. The Morgan fingerprint density at radius 1 is 1.50 bits per heavy atom. The number of hydrogen-bond acceptors (Lipinski definition) is 5. The molecule has 0 unspecified atom stereocenters. The lowest BCUT2D eigenvalue weighted by Crippen LogP contribution is -2.07. The molecule has 0 aliphatic carbocycles. The predicted octanol–water partition coefficient (Wildman–Crippen LogP) is 3.46. The topological polar surface area (TPSA) is 45.5 Å². The molecule has 0 saturated carbocycles. The number of thiazole rings is 1. The van der Waals surface area contributed by atoms with Crippen LogP contribution in [0.2, 0.25) is 0 Å². The van der Waals surface area contributed by atoms with Crippen molar-refractivity contribution in [2.24, 2.45) is 10.4 Å². The molecule has 0 saturated heterocycles. The van der Waals surface area contributed by atoms with Gasteiger partial charge >= 0.3 is 0 Å². The van der Waals surface area contributed by atoms with E-state index in [0.717, 1.165) is 4.88 Å². The van der Waals surface area contributed by atoms with Crippen molar-refractivity contribution in [2.45, 2.75) is 18.2 Å². The summed E-state index contributed by atoms with van der Waals surface area (Å²) in [6.45, 7) is 4.18. The summed E-state index contributed by atoms with van der Waals surface area (Å²) >= 11 is 2.12. The molecule has 74 valence electrons. The van der Waals surface area contributed by atoms with Crippen LogP contribution in [-0.4, -0.2) is 15.8 Å². The van der Waals surface area contributed by atoms with Crippen molar-refractivity contribution in [2.75, 3.05) is 0 Å². The number of nitrogens with zero attached hydrogens (tertiary/aromatic N) is 2. The van der Waals surface area contributed by atoms with Gasteiger partial charge < -0.3 is 4.55 Å². The highest BCUT2D eigenvalue weighted by molar-refractivity contribution is 7.95. The van der Waals surface area contributed by atoms with E-state index in [4.69, 9.17) is 4.55 Å². The van der Waals surface area contributed by atoms with E-state index in [1.165, 1.54) is 11.3 Å². The quantitative estimate of drug-likeness (QED) is 0.746. The summed E-state index contributed by atoms with van der Waals surface area (Å²) in [6, 6.07) is 0. The van der Waals surface area contributed by atoms with Crippen LogP contribution < -0.4 is 0 Å². The maximum absolute atomic E-state index is 8.85. The first-order chi connectivity index (χ1) is 6.61. The van der Waals surface area contributed by atoms with Crippen LogP contribution in [0.15, 0.2) is 15.4 Å². The van der Waals surface area contributed by atoms with Gasteiger partial charge in [-0.15, -0.1) is 11.3 Å². The first kappa shape index (κ1) is 9.89. The molecule has 2 heterocycles. The Morgan fingerprint density at radius 2 is 2.29 bits per heavy atom.